The number of urea groups is 1. The summed E-state index contributed by atoms with van der Waals surface area (Å²) in [5, 5.41) is 9.94. The van der Waals surface area contributed by atoms with E-state index in [1.165, 1.54) is 16.0 Å². The first-order valence-electron chi connectivity index (χ1n) is 10.1. The van der Waals surface area contributed by atoms with Gasteiger partial charge in [-0.05, 0) is 17.5 Å². The number of hydrogen-bond acceptors (Lipinski definition) is 4. The highest BCUT2D eigenvalue weighted by Gasteiger charge is 2.59. The molecule has 4 rings (SSSR count). The van der Waals surface area contributed by atoms with Crippen molar-refractivity contribution in [3.05, 3.63) is 35.4 Å². The summed E-state index contributed by atoms with van der Waals surface area (Å²) < 4.78 is 0. The Balaban J connectivity index is 1.41. The molecule has 8 nitrogen and oxygen atoms in total. The van der Waals surface area contributed by atoms with E-state index in [-0.39, 0.29) is 30.9 Å². The molecule has 0 aliphatic carbocycles. The van der Waals surface area contributed by atoms with Gasteiger partial charge >= 0.3 is 12.0 Å². The third kappa shape index (κ3) is 3.46. The summed E-state index contributed by atoms with van der Waals surface area (Å²) in [7, 11) is 3.33. The first kappa shape index (κ1) is 19.7. The number of fused-ring (bicyclic) bond motifs is 2. The van der Waals surface area contributed by atoms with Gasteiger partial charge in [-0.15, -0.1) is 0 Å². The number of carboxylic acid groups (broad SMARTS) is 1. The summed E-state index contributed by atoms with van der Waals surface area (Å²) in [5.74, 6) is -1.17. The van der Waals surface area contributed by atoms with Gasteiger partial charge in [0.15, 0.2) is 0 Å². The Hall–Kier alpha value is -2.61. The maximum absolute atomic E-state index is 12.9. The third-order valence-corrected chi connectivity index (χ3v) is 6.61. The zero-order valence-corrected chi connectivity index (χ0v) is 17.0. The molecule has 3 amide bonds. The van der Waals surface area contributed by atoms with Crippen LogP contribution in [0.1, 0.15) is 11.1 Å². The molecule has 0 unspecified atom stereocenters. The van der Waals surface area contributed by atoms with Crippen molar-refractivity contribution in [1.82, 2.24) is 19.6 Å². The highest BCUT2D eigenvalue weighted by Crippen LogP contribution is 2.43. The molecular weight excluding hydrogens is 372 g/mol. The second kappa shape index (κ2) is 7.33. The van der Waals surface area contributed by atoms with Crippen LogP contribution in [0.5, 0.6) is 0 Å². The van der Waals surface area contributed by atoms with Crippen molar-refractivity contribution in [2.45, 2.75) is 13.0 Å². The van der Waals surface area contributed by atoms with Gasteiger partial charge in [0.2, 0.25) is 5.91 Å². The lowest BCUT2D eigenvalue weighted by atomic mass is 9.81. The van der Waals surface area contributed by atoms with Crippen LogP contribution in [0.2, 0.25) is 0 Å². The van der Waals surface area contributed by atoms with Crippen LogP contribution in [0, 0.1) is 11.3 Å². The highest BCUT2D eigenvalue weighted by atomic mass is 16.4. The molecule has 2 fully saturated rings. The number of carboxylic acids is 1. The van der Waals surface area contributed by atoms with E-state index in [2.05, 4.69) is 17.0 Å². The Labute approximate surface area is 170 Å². The van der Waals surface area contributed by atoms with E-state index in [4.69, 9.17) is 0 Å². The van der Waals surface area contributed by atoms with Gasteiger partial charge in [-0.1, -0.05) is 24.3 Å². The lowest BCUT2D eigenvalue weighted by Crippen LogP contribution is -2.47. The quantitative estimate of drug-likeness (QED) is 0.802. The summed E-state index contributed by atoms with van der Waals surface area (Å²) in [5.41, 5.74) is 1.53. The average Bonchev–Trinajstić information content (AvgIpc) is 3.23. The fourth-order valence-corrected chi connectivity index (χ4v) is 4.97. The minimum atomic E-state index is -1.06. The topological polar surface area (TPSA) is 84.4 Å². The molecule has 1 aromatic carbocycles. The van der Waals surface area contributed by atoms with Crippen molar-refractivity contribution < 1.29 is 19.5 Å². The van der Waals surface area contributed by atoms with E-state index in [1.54, 1.807) is 23.9 Å². The van der Waals surface area contributed by atoms with E-state index >= 15 is 0 Å². The van der Waals surface area contributed by atoms with Crippen LogP contribution in [-0.2, 0) is 22.6 Å². The van der Waals surface area contributed by atoms with Gasteiger partial charge in [0.05, 0.1) is 6.54 Å². The van der Waals surface area contributed by atoms with Crippen LogP contribution in [-0.4, -0.2) is 96.0 Å². The van der Waals surface area contributed by atoms with Gasteiger partial charge < -0.3 is 19.8 Å². The number of carbonyl (C=O) groups is 3. The number of aliphatic carboxylic acids is 1. The summed E-state index contributed by atoms with van der Waals surface area (Å²) in [6, 6.07) is 8.11. The molecule has 0 aromatic heterocycles. The number of benzene rings is 1. The lowest BCUT2D eigenvalue weighted by Gasteiger charge is -2.31. The fraction of sp³-hybridized carbons (Fsp3) is 0.571. The summed E-state index contributed by atoms with van der Waals surface area (Å²) in [4.78, 5) is 44.3. The van der Waals surface area contributed by atoms with Crippen LogP contribution >= 0.6 is 0 Å². The van der Waals surface area contributed by atoms with Crippen molar-refractivity contribution in [2.24, 2.45) is 11.3 Å². The van der Waals surface area contributed by atoms with E-state index < -0.39 is 11.4 Å². The van der Waals surface area contributed by atoms with Crippen molar-refractivity contribution in [1.29, 1.82) is 0 Å². The van der Waals surface area contributed by atoms with Crippen LogP contribution in [0.3, 0.4) is 0 Å². The SMILES string of the molecule is CN(C)C(=O)N1C[C@@H]2CN(C(=O)CN3CCc4ccccc4C3)C[C@]2(C(=O)O)C1. The van der Waals surface area contributed by atoms with E-state index in [9.17, 15) is 19.5 Å². The third-order valence-electron chi connectivity index (χ3n) is 6.61. The molecule has 8 heteroatoms. The van der Waals surface area contributed by atoms with Crippen LogP contribution in [0.4, 0.5) is 4.79 Å². The molecule has 1 aromatic rings. The second-order valence-electron chi connectivity index (χ2n) is 8.72. The smallest absolute Gasteiger partial charge is 0.319 e. The molecule has 156 valence electrons. The number of hydrogen-bond donors (Lipinski definition) is 1. The number of amides is 3. The van der Waals surface area contributed by atoms with Crippen LogP contribution in [0.15, 0.2) is 24.3 Å². The molecule has 0 spiro atoms. The molecule has 3 aliphatic rings. The van der Waals surface area contributed by atoms with Crippen molar-refractivity contribution >= 4 is 17.9 Å². The first-order chi connectivity index (χ1) is 13.8. The predicted octanol–water partition coefficient (Wildman–Crippen LogP) is 0.571. The average molecular weight is 400 g/mol. The van der Waals surface area contributed by atoms with Gasteiger partial charge in [0, 0.05) is 59.3 Å². The molecule has 29 heavy (non-hydrogen) atoms. The van der Waals surface area contributed by atoms with E-state index in [0.29, 0.717) is 19.6 Å². The Morgan fingerprint density at radius 3 is 2.41 bits per heavy atom. The molecule has 2 saturated heterocycles. The fourth-order valence-electron chi connectivity index (χ4n) is 4.97. The van der Waals surface area contributed by atoms with Crippen molar-refractivity contribution in [3.63, 3.8) is 0 Å². The van der Waals surface area contributed by atoms with Gasteiger partial charge in [0.25, 0.3) is 0 Å². The Bertz CT molecular complexity index is 842. The number of likely N-dealkylation sites (tertiary alicyclic amines) is 2. The molecule has 3 heterocycles. The Morgan fingerprint density at radius 1 is 1.10 bits per heavy atom. The summed E-state index contributed by atoms with van der Waals surface area (Å²) in [6.07, 6.45) is 0.923. The lowest BCUT2D eigenvalue weighted by molar-refractivity contribution is -0.149. The zero-order valence-electron chi connectivity index (χ0n) is 17.0. The van der Waals surface area contributed by atoms with Gasteiger partial charge in [-0.2, -0.15) is 0 Å². The van der Waals surface area contributed by atoms with Crippen molar-refractivity contribution in [3.8, 4) is 0 Å². The highest BCUT2D eigenvalue weighted by molar-refractivity contribution is 5.84. The first-order valence-corrected chi connectivity index (χ1v) is 10.1. The maximum Gasteiger partial charge on any atom is 0.319 e. The monoisotopic (exact) mass is 400 g/mol. The number of carbonyl (C=O) groups excluding carboxylic acids is 2. The van der Waals surface area contributed by atoms with Crippen LogP contribution in [0.25, 0.3) is 0 Å². The van der Waals surface area contributed by atoms with Crippen molar-refractivity contribution in [2.75, 3.05) is 53.4 Å². The molecule has 1 N–H and O–H groups in total. The number of nitrogens with zero attached hydrogens (tertiary/aromatic N) is 4. The Kier molecular flexibility index (Phi) is 4.98. The van der Waals surface area contributed by atoms with Crippen LogP contribution < -0.4 is 0 Å². The minimum Gasteiger partial charge on any atom is -0.481 e. The maximum atomic E-state index is 12.9. The van der Waals surface area contributed by atoms with E-state index in [0.717, 1.165) is 19.5 Å². The van der Waals surface area contributed by atoms with Gasteiger partial charge in [-0.25, -0.2) is 4.79 Å². The summed E-state index contributed by atoms with van der Waals surface area (Å²) >= 11 is 0. The largest absolute Gasteiger partial charge is 0.481 e. The number of rotatable bonds is 3. The minimum absolute atomic E-state index is 0.0232. The van der Waals surface area contributed by atoms with Gasteiger partial charge in [0.1, 0.15) is 5.41 Å². The molecule has 0 radical (unpaired) electrons. The standard InChI is InChI=1S/C21H28N4O4/c1-22(2)20(29)25-11-17-10-24(13-21(17,14-25)19(27)28)18(26)12-23-8-7-15-5-3-4-6-16(15)9-23/h3-6,17H,7-14H2,1-2H3,(H,27,28)/t17-,21-/m0/s1. The van der Waals surface area contributed by atoms with E-state index in [1.807, 2.05) is 12.1 Å². The molecular formula is C21H28N4O4. The molecule has 0 saturated carbocycles. The normalized spacial score (nSPS) is 26.2. The zero-order chi connectivity index (χ0) is 20.8. The molecule has 0 bridgehead atoms. The Morgan fingerprint density at radius 2 is 1.76 bits per heavy atom. The molecule has 2 atom stereocenters. The van der Waals surface area contributed by atoms with Gasteiger partial charge in [-0.3, -0.25) is 14.5 Å². The summed E-state index contributed by atoms with van der Waals surface area (Å²) in [6.45, 7) is 2.98. The second-order valence-corrected chi connectivity index (χ2v) is 8.72. The molecule has 3 aliphatic heterocycles. The predicted molar refractivity (Wildman–Crippen MR) is 106 cm³/mol.